The summed E-state index contributed by atoms with van der Waals surface area (Å²) in [5.74, 6) is 0.547. The molecule has 0 saturated heterocycles. The second kappa shape index (κ2) is 6.57. The molecular weight excluding hydrogens is 366 g/mol. The first-order valence-electron chi connectivity index (χ1n) is 7.46. The van der Waals surface area contributed by atoms with E-state index in [0.717, 1.165) is 11.8 Å². The van der Waals surface area contributed by atoms with E-state index in [0.29, 0.717) is 22.1 Å². The van der Waals surface area contributed by atoms with Gasteiger partial charge in [-0.3, -0.25) is 4.79 Å². The largest absolute Gasteiger partial charge is 0.454 e. The van der Waals surface area contributed by atoms with E-state index >= 15 is 0 Å². The highest BCUT2D eigenvalue weighted by Crippen LogP contribution is 2.39. The highest BCUT2D eigenvalue weighted by Gasteiger charge is 2.21. The minimum absolute atomic E-state index is 0.0726. The van der Waals surface area contributed by atoms with Gasteiger partial charge in [0.05, 0.1) is 16.0 Å². The second-order valence-corrected chi connectivity index (χ2v) is 8.15. The van der Waals surface area contributed by atoms with E-state index in [4.69, 9.17) is 21.1 Å². The molecule has 0 aromatic heterocycles. The average molecular weight is 382 g/mol. The Hall–Kier alpha value is -2.25. The van der Waals surface area contributed by atoms with E-state index < -0.39 is 9.84 Å². The Morgan fingerprint density at radius 3 is 2.52 bits per heavy atom. The number of benzene rings is 2. The molecule has 0 fully saturated rings. The fourth-order valence-corrected chi connectivity index (χ4v) is 3.36. The average Bonchev–Trinajstić information content (AvgIpc) is 3.03. The van der Waals surface area contributed by atoms with Crippen molar-refractivity contribution in [3.05, 3.63) is 52.5 Å². The van der Waals surface area contributed by atoms with Gasteiger partial charge in [-0.15, -0.1) is 0 Å². The summed E-state index contributed by atoms with van der Waals surface area (Å²) >= 11 is 6.09. The van der Waals surface area contributed by atoms with Gasteiger partial charge in [0.15, 0.2) is 21.3 Å². The topological polar surface area (TPSA) is 81.7 Å². The van der Waals surface area contributed by atoms with Crippen molar-refractivity contribution in [2.45, 2.75) is 17.9 Å². The van der Waals surface area contributed by atoms with Crippen LogP contribution < -0.4 is 14.8 Å². The molecule has 1 aliphatic heterocycles. The molecule has 1 heterocycles. The number of ether oxygens (including phenoxy) is 2. The molecule has 1 aliphatic rings. The van der Waals surface area contributed by atoms with Crippen molar-refractivity contribution in [2.24, 2.45) is 0 Å². The molecule has 0 spiro atoms. The Morgan fingerprint density at radius 1 is 1.20 bits per heavy atom. The molecule has 0 aliphatic carbocycles. The van der Waals surface area contributed by atoms with E-state index in [2.05, 4.69) is 5.32 Å². The van der Waals surface area contributed by atoms with Gasteiger partial charge in [-0.25, -0.2) is 8.42 Å². The number of sulfone groups is 1. The molecular formula is C17H16ClNO5S. The van der Waals surface area contributed by atoms with Crippen molar-refractivity contribution in [3.8, 4) is 11.5 Å². The van der Waals surface area contributed by atoms with E-state index in [-0.39, 0.29) is 23.6 Å². The maximum atomic E-state index is 12.4. The van der Waals surface area contributed by atoms with Gasteiger partial charge in [0, 0.05) is 11.8 Å². The smallest absolute Gasteiger partial charge is 0.251 e. The SMILES string of the molecule is CC(NC(=O)c1cc(Cl)c2c(c1)OCO2)c1ccc(S(C)(=O)=O)cc1. The lowest BCUT2D eigenvalue weighted by atomic mass is 10.1. The van der Waals surface area contributed by atoms with Crippen LogP contribution in [0.5, 0.6) is 11.5 Å². The third-order valence-corrected chi connectivity index (χ3v) is 5.25. The van der Waals surface area contributed by atoms with Crippen LogP contribution in [-0.2, 0) is 9.84 Å². The quantitative estimate of drug-likeness (QED) is 0.880. The molecule has 6 nitrogen and oxygen atoms in total. The summed E-state index contributed by atoms with van der Waals surface area (Å²) in [6, 6.07) is 9.16. The van der Waals surface area contributed by atoms with Crippen LogP contribution >= 0.6 is 11.6 Å². The molecule has 25 heavy (non-hydrogen) atoms. The molecule has 1 atom stereocenters. The maximum Gasteiger partial charge on any atom is 0.251 e. The van der Waals surface area contributed by atoms with Gasteiger partial charge in [-0.1, -0.05) is 23.7 Å². The number of hydrogen-bond donors (Lipinski definition) is 1. The number of rotatable bonds is 4. The van der Waals surface area contributed by atoms with Crippen LogP contribution in [0.25, 0.3) is 0 Å². The molecule has 2 aromatic carbocycles. The minimum Gasteiger partial charge on any atom is -0.454 e. The van der Waals surface area contributed by atoms with Gasteiger partial charge < -0.3 is 14.8 Å². The maximum absolute atomic E-state index is 12.4. The molecule has 1 N–H and O–H groups in total. The molecule has 132 valence electrons. The lowest BCUT2D eigenvalue weighted by Gasteiger charge is -2.15. The zero-order valence-corrected chi connectivity index (χ0v) is 15.1. The van der Waals surface area contributed by atoms with Crippen LogP contribution in [0.3, 0.4) is 0 Å². The number of fused-ring (bicyclic) bond motifs is 1. The highest BCUT2D eigenvalue weighted by atomic mass is 35.5. The van der Waals surface area contributed by atoms with Crippen LogP contribution in [0.15, 0.2) is 41.3 Å². The van der Waals surface area contributed by atoms with Crippen LogP contribution in [0.1, 0.15) is 28.9 Å². The highest BCUT2D eigenvalue weighted by molar-refractivity contribution is 7.90. The van der Waals surface area contributed by atoms with E-state index in [9.17, 15) is 13.2 Å². The van der Waals surface area contributed by atoms with Crippen LogP contribution in [-0.4, -0.2) is 27.4 Å². The zero-order chi connectivity index (χ0) is 18.2. The molecule has 1 unspecified atom stereocenters. The summed E-state index contributed by atoms with van der Waals surface area (Å²) in [4.78, 5) is 12.7. The number of halogens is 1. The van der Waals surface area contributed by atoms with Gasteiger partial charge in [0.1, 0.15) is 0 Å². The molecule has 1 amide bonds. The van der Waals surface area contributed by atoms with Crippen molar-refractivity contribution < 1.29 is 22.7 Å². The summed E-state index contributed by atoms with van der Waals surface area (Å²) in [6.45, 7) is 1.88. The molecule has 0 radical (unpaired) electrons. The predicted octanol–water partition coefficient (Wildman–Crippen LogP) is 2.96. The van der Waals surface area contributed by atoms with E-state index in [1.165, 1.54) is 18.2 Å². The van der Waals surface area contributed by atoms with Gasteiger partial charge >= 0.3 is 0 Å². The van der Waals surface area contributed by atoms with Crippen LogP contribution in [0.4, 0.5) is 0 Å². The third-order valence-electron chi connectivity index (χ3n) is 3.85. The normalized spacial score (nSPS) is 14.2. The standard InChI is InChI=1S/C17H16ClNO5S/c1-10(11-3-5-13(6-4-11)25(2,21)22)19-17(20)12-7-14(18)16-15(8-12)23-9-24-16/h3-8,10H,9H2,1-2H3,(H,19,20). The number of nitrogens with one attached hydrogen (secondary N) is 1. The number of amides is 1. The molecule has 2 aromatic rings. The first-order valence-corrected chi connectivity index (χ1v) is 9.72. The lowest BCUT2D eigenvalue weighted by molar-refractivity contribution is 0.0939. The van der Waals surface area contributed by atoms with E-state index in [1.807, 2.05) is 6.92 Å². The molecule has 8 heteroatoms. The fraction of sp³-hybridized carbons (Fsp3) is 0.235. The Labute approximate surface area is 150 Å². The summed E-state index contributed by atoms with van der Waals surface area (Å²) < 4.78 is 33.5. The number of hydrogen-bond acceptors (Lipinski definition) is 5. The fourth-order valence-electron chi connectivity index (χ4n) is 2.47. The molecule has 3 rings (SSSR count). The number of carbonyl (C=O) groups excluding carboxylic acids is 1. The first kappa shape index (κ1) is 17.6. The number of carbonyl (C=O) groups is 1. The minimum atomic E-state index is -3.25. The summed E-state index contributed by atoms with van der Waals surface area (Å²) in [6.07, 6.45) is 1.15. The molecule has 0 saturated carbocycles. The van der Waals surface area contributed by atoms with Crippen molar-refractivity contribution in [1.29, 1.82) is 0 Å². The second-order valence-electron chi connectivity index (χ2n) is 5.73. The van der Waals surface area contributed by atoms with Gasteiger partial charge in [0.25, 0.3) is 5.91 Å². The Balaban J connectivity index is 1.76. The van der Waals surface area contributed by atoms with Gasteiger partial charge in [-0.05, 0) is 36.8 Å². The predicted molar refractivity (Wildman–Crippen MR) is 93.0 cm³/mol. The Morgan fingerprint density at radius 2 is 1.88 bits per heavy atom. The first-order chi connectivity index (χ1) is 11.8. The summed E-state index contributed by atoms with van der Waals surface area (Å²) in [7, 11) is -3.25. The van der Waals surface area contributed by atoms with Gasteiger partial charge in [-0.2, -0.15) is 0 Å². The van der Waals surface area contributed by atoms with Crippen molar-refractivity contribution in [2.75, 3.05) is 13.0 Å². The van der Waals surface area contributed by atoms with Crippen LogP contribution in [0, 0.1) is 0 Å². The van der Waals surface area contributed by atoms with E-state index in [1.54, 1.807) is 18.2 Å². The van der Waals surface area contributed by atoms with Crippen molar-refractivity contribution in [3.63, 3.8) is 0 Å². The molecule has 0 bridgehead atoms. The Kier molecular flexibility index (Phi) is 4.62. The Bertz CT molecular complexity index is 925. The van der Waals surface area contributed by atoms with Crippen molar-refractivity contribution >= 4 is 27.3 Å². The lowest BCUT2D eigenvalue weighted by Crippen LogP contribution is -2.26. The van der Waals surface area contributed by atoms with Crippen molar-refractivity contribution in [1.82, 2.24) is 5.32 Å². The summed E-state index contributed by atoms with van der Waals surface area (Å²) in [5, 5.41) is 3.16. The monoisotopic (exact) mass is 381 g/mol. The zero-order valence-electron chi connectivity index (χ0n) is 13.6. The summed E-state index contributed by atoms with van der Waals surface area (Å²) in [5.41, 5.74) is 1.14. The third kappa shape index (κ3) is 3.72. The van der Waals surface area contributed by atoms with Crippen LogP contribution in [0.2, 0.25) is 5.02 Å². The van der Waals surface area contributed by atoms with Gasteiger partial charge in [0.2, 0.25) is 6.79 Å².